The van der Waals surface area contributed by atoms with Crippen LogP contribution < -0.4 is 0 Å². The normalized spacial score (nSPS) is 14.2. The van der Waals surface area contributed by atoms with Crippen molar-refractivity contribution in [2.24, 2.45) is 0 Å². The van der Waals surface area contributed by atoms with Gasteiger partial charge in [0.15, 0.2) is 12.2 Å². The lowest BCUT2D eigenvalue weighted by molar-refractivity contribution is -0.161. The highest BCUT2D eigenvalue weighted by molar-refractivity contribution is 7.47. The molecule has 0 aromatic carbocycles. The molecule has 0 amide bonds. The predicted octanol–water partition coefficient (Wildman–Crippen LogP) is 17.9. The molecule has 0 aliphatic heterocycles. The zero-order chi connectivity index (χ0) is 61.2. The Morgan fingerprint density at radius 1 is 0.289 bits per heavy atom. The summed E-state index contributed by atoms with van der Waals surface area (Å²) in [6, 6.07) is 0. The zero-order valence-electron chi connectivity index (χ0n) is 53.2. The Hall–Kier alpha value is -1.94. The summed E-state index contributed by atoms with van der Waals surface area (Å²) in [6.45, 7) is 4.82. The number of hydrogen-bond acceptors (Lipinski definition) is 15. The van der Waals surface area contributed by atoms with Crippen LogP contribution in [0.3, 0.4) is 0 Å². The van der Waals surface area contributed by atoms with Gasteiger partial charge >= 0.3 is 39.5 Å². The van der Waals surface area contributed by atoms with E-state index in [1.807, 2.05) is 0 Å². The van der Waals surface area contributed by atoms with E-state index >= 15 is 0 Å². The molecule has 0 heterocycles. The Bertz CT molecular complexity index is 1600. The summed E-state index contributed by atoms with van der Waals surface area (Å²) >= 11 is 0. The van der Waals surface area contributed by atoms with Crippen molar-refractivity contribution in [2.75, 3.05) is 39.6 Å². The minimum Gasteiger partial charge on any atom is -0.462 e. The van der Waals surface area contributed by atoms with Crippen molar-refractivity contribution in [3.05, 3.63) is 0 Å². The second-order valence-corrected chi connectivity index (χ2v) is 26.1. The van der Waals surface area contributed by atoms with Crippen molar-refractivity contribution in [3.8, 4) is 0 Å². The van der Waals surface area contributed by atoms with E-state index in [0.29, 0.717) is 25.7 Å². The maximum atomic E-state index is 13.0. The van der Waals surface area contributed by atoms with Crippen molar-refractivity contribution in [1.82, 2.24) is 0 Å². The molecule has 0 fully saturated rings. The van der Waals surface area contributed by atoms with Crippen LogP contribution in [0.2, 0.25) is 0 Å². The molecule has 492 valence electrons. The van der Waals surface area contributed by atoms with Gasteiger partial charge < -0.3 is 33.8 Å². The molecular weight excluding hydrogens is 1100 g/mol. The zero-order valence-corrected chi connectivity index (χ0v) is 54.9. The lowest BCUT2D eigenvalue weighted by Crippen LogP contribution is -2.30. The van der Waals surface area contributed by atoms with Crippen LogP contribution in [0, 0.1) is 0 Å². The molecule has 83 heavy (non-hydrogen) atoms. The van der Waals surface area contributed by atoms with E-state index in [0.717, 1.165) is 96.3 Å². The SMILES string of the molecule is CCCCCCCCCCCCCCCC(=O)OC[C@H](COP(=O)(O)OC[C@@H](O)COP(=O)(O)OC[C@@H](COC(=O)CCCCCCC)OC(=O)CCCCCCCCCCCCCC)OC(=O)CCCCCCCCCCCCCCC. The number of rotatable bonds is 65. The summed E-state index contributed by atoms with van der Waals surface area (Å²) in [5, 5.41) is 10.5. The number of esters is 4. The van der Waals surface area contributed by atoms with Crippen LogP contribution in [0.4, 0.5) is 0 Å². The van der Waals surface area contributed by atoms with Crippen LogP contribution in [0.5, 0.6) is 0 Å². The van der Waals surface area contributed by atoms with E-state index in [1.165, 1.54) is 154 Å². The van der Waals surface area contributed by atoms with Crippen molar-refractivity contribution in [3.63, 3.8) is 0 Å². The topological polar surface area (TPSA) is 237 Å². The van der Waals surface area contributed by atoms with Crippen LogP contribution in [0.1, 0.15) is 329 Å². The Balaban J connectivity index is 5.17. The number of hydrogen-bond donors (Lipinski definition) is 3. The summed E-state index contributed by atoms with van der Waals surface area (Å²) < 4.78 is 67.8. The maximum Gasteiger partial charge on any atom is 0.472 e. The van der Waals surface area contributed by atoms with Gasteiger partial charge in [-0.15, -0.1) is 0 Å². The Labute approximate surface area is 505 Å². The Kier molecular flexibility index (Phi) is 57.7. The molecule has 17 nitrogen and oxygen atoms in total. The van der Waals surface area contributed by atoms with E-state index in [2.05, 4.69) is 27.7 Å². The van der Waals surface area contributed by atoms with Crippen molar-refractivity contribution in [1.29, 1.82) is 0 Å². The minimum absolute atomic E-state index is 0.107. The molecule has 0 saturated heterocycles. The van der Waals surface area contributed by atoms with Crippen LogP contribution in [0.25, 0.3) is 0 Å². The first-order valence-corrected chi connectivity index (χ1v) is 36.8. The van der Waals surface area contributed by atoms with Crippen molar-refractivity contribution >= 4 is 39.5 Å². The second kappa shape index (κ2) is 59.0. The van der Waals surface area contributed by atoms with Gasteiger partial charge in [-0.3, -0.25) is 37.3 Å². The van der Waals surface area contributed by atoms with Gasteiger partial charge in [0.25, 0.3) is 0 Å². The van der Waals surface area contributed by atoms with E-state index in [4.69, 9.17) is 37.0 Å². The summed E-state index contributed by atoms with van der Waals surface area (Å²) in [7, 11) is -9.88. The predicted molar refractivity (Wildman–Crippen MR) is 331 cm³/mol. The monoisotopic (exact) mass is 1230 g/mol. The van der Waals surface area contributed by atoms with Crippen molar-refractivity contribution < 1.29 is 80.2 Å². The summed E-state index contributed by atoms with van der Waals surface area (Å²) in [4.78, 5) is 72.0. The number of phosphoric acid groups is 2. The van der Waals surface area contributed by atoms with E-state index < -0.39 is 97.5 Å². The maximum absolute atomic E-state index is 13.0. The molecule has 0 aliphatic carbocycles. The van der Waals surface area contributed by atoms with Gasteiger partial charge in [-0.25, -0.2) is 9.13 Å². The average molecular weight is 1230 g/mol. The summed E-state index contributed by atoms with van der Waals surface area (Å²) in [5.74, 6) is -2.14. The molecule has 2 unspecified atom stereocenters. The first-order chi connectivity index (χ1) is 40.2. The van der Waals surface area contributed by atoms with Crippen LogP contribution in [-0.2, 0) is 65.4 Å². The summed E-state index contributed by atoms with van der Waals surface area (Å²) in [5.41, 5.74) is 0. The molecule has 0 saturated carbocycles. The smallest absolute Gasteiger partial charge is 0.462 e. The molecular formula is C64H124O17P2. The van der Waals surface area contributed by atoms with Gasteiger partial charge in [0, 0.05) is 25.7 Å². The number of carbonyl (C=O) groups excluding carboxylic acids is 4. The highest BCUT2D eigenvalue weighted by atomic mass is 31.2. The lowest BCUT2D eigenvalue weighted by atomic mass is 10.0. The number of ether oxygens (including phenoxy) is 4. The second-order valence-electron chi connectivity index (χ2n) is 23.2. The van der Waals surface area contributed by atoms with Gasteiger partial charge in [-0.2, -0.15) is 0 Å². The molecule has 19 heteroatoms. The fourth-order valence-corrected chi connectivity index (χ4v) is 11.2. The van der Waals surface area contributed by atoms with Crippen LogP contribution in [0.15, 0.2) is 0 Å². The molecule has 0 aromatic heterocycles. The van der Waals surface area contributed by atoms with Gasteiger partial charge in [0.2, 0.25) is 0 Å². The largest absolute Gasteiger partial charge is 0.472 e. The number of unbranched alkanes of at least 4 members (excludes halogenated alkanes) is 39. The highest BCUT2D eigenvalue weighted by Crippen LogP contribution is 2.45. The quantitative estimate of drug-likeness (QED) is 0.0222. The molecule has 0 spiro atoms. The molecule has 0 aromatic rings. The van der Waals surface area contributed by atoms with E-state index in [-0.39, 0.29) is 25.7 Å². The number of carbonyl (C=O) groups is 4. The fourth-order valence-electron chi connectivity index (χ4n) is 9.63. The van der Waals surface area contributed by atoms with Crippen LogP contribution >= 0.6 is 15.6 Å². The lowest BCUT2D eigenvalue weighted by Gasteiger charge is -2.21. The van der Waals surface area contributed by atoms with E-state index in [9.17, 15) is 43.2 Å². The summed E-state index contributed by atoms with van der Waals surface area (Å²) in [6.07, 6.45) is 44.6. The molecule has 5 atom stereocenters. The van der Waals surface area contributed by atoms with E-state index in [1.54, 1.807) is 0 Å². The standard InChI is InChI=1S/C64H124O17P2/c1-5-9-13-17-20-23-26-29-32-34-37-41-45-49-62(67)75-55-60(81-64(69)51-47-43-39-36-33-30-27-24-21-18-14-10-6-2)57-79-83(72,73)77-53-58(65)52-76-82(70,71)78-56-59(54-74-61(66)48-44-40-16-12-8-4)80-63(68)50-46-42-38-35-31-28-25-22-19-15-11-7-3/h58-60,65H,5-57H2,1-4H3,(H,70,71)(H,72,73)/t58-,59+,60+/m0/s1. The minimum atomic E-state index is -4.94. The molecule has 0 rings (SSSR count). The van der Waals surface area contributed by atoms with Crippen molar-refractivity contribution in [2.45, 2.75) is 348 Å². The van der Waals surface area contributed by atoms with Gasteiger partial charge in [-0.1, -0.05) is 278 Å². The fraction of sp³-hybridized carbons (Fsp3) is 0.938. The molecule has 0 aliphatic rings. The highest BCUT2D eigenvalue weighted by Gasteiger charge is 2.30. The number of phosphoric ester groups is 2. The first kappa shape index (κ1) is 81.1. The number of aliphatic hydroxyl groups excluding tert-OH is 1. The Morgan fingerprint density at radius 2 is 0.482 bits per heavy atom. The molecule has 0 bridgehead atoms. The van der Waals surface area contributed by atoms with Gasteiger partial charge in [0.1, 0.15) is 19.3 Å². The molecule has 0 radical (unpaired) electrons. The van der Waals surface area contributed by atoms with Gasteiger partial charge in [0.05, 0.1) is 26.4 Å². The number of aliphatic hydroxyl groups is 1. The average Bonchev–Trinajstić information content (AvgIpc) is 3.47. The van der Waals surface area contributed by atoms with Crippen LogP contribution in [-0.4, -0.2) is 96.7 Å². The third-order valence-electron chi connectivity index (χ3n) is 14.9. The van der Waals surface area contributed by atoms with Gasteiger partial charge in [-0.05, 0) is 25.7 Å². The third kappa shape index (κ3) is 58.8. The first-order valence-electron chi connectivity index (χ1n) is 33.8. The third-order valence-corrected chi connectivity index (χ3v) is 16.8. The molecule has 3 N–H and O–H groups in total. The Morgan fingerprint density at radius 3 is 0.711 bits per heavy atom.